The summed E-state index contributed by atoms with van der Waals surface area (Å²) in [5.41, 5.74) is 1.96. The van der Waals surface area contributed by atoms with E-state index in [0.29, 0.717) is 33.0 Å². The second kappa shape index (κ2) is 11.0. The van der Waals surface area contributed by atoms with E-state index in [1.807, 2.05) is 30.3 Å². The highest BCUT2D eigenvalue weighted by Crippen LogP contribution is 2.29. The summed E-state index contributed by atoms with van der Waals surface area (Å²) >= 11 is 9.31. The number of amides is 2. The molecule has 0 aromatic heterocycles. The zero-order chi connectivity index (χ0) is 22.2. The van der Waals surface area contributed by atoms with E-state index >= 15 is 0 Å². The van der Waals surface area contributed by atoms with Gasteiger partial charge >= 0.3 is 0 Å². The van der Waals surface area contributed by atoms with Crippen molar-refractivity contribution in [2.24, 2.45) is 0 Å². The molecule has 1 atom stereocenters. The zero-order valence-electron chi connectivity index (χ0n) is 16.9. The van der Waals surface area contributed by atoms with Gasteiger partial charge in [0.1, 0.15) is 5.75 Å². The van der Waals surface area contributed by atoms with Crippen molar-refractivity contribution in [2.45, 2.75) is 19.4 Å². The minimum Gasteiger partial charge on any atom is -0.480 e. The Balaban J connectivity index is 1.61. The topological polar surface area (TPSA) is 67.4 Å². The van der Waals surface area contributed by atoms with Crippen LogP contribution in [0.4, 0.5) is 5.69 Å². The van der Waals surface area contributed by atoms with Gasteiger partial charge < -0.3 is 15.4 Å². The van der Waals surface area contributed by atoms with Crippen LogP contribution in [0.5, 0.6) is 5.75 Å². The molecular weight excluding hydrogens is 480 g/mol. The lowest BCUT2D eigenvalue weighted by Crippen LogP contribution is -2.32. The molecule has 0 saturated carbocycles. The third kappa shape index (κ3) is 6.57. The molecule has 0 saturated heterocycles. The summed E-state index contributed by atoms with van der Waals surface area (Å²) in [6.45, 7) is 2.13. The monoisotopic (exact) mass is 500 g/mol. The van der Waals surface area contributed by atoms with Crippen LogP contribution < -0.4 is 15.4 Å². The van der Waals surface area contributed by atoms with E-state index in [1.54, 1.807) is 49.4 Å². The first kappa shape index (κ1) is 22.8. The van der Waals surface area contributed by atoms with Gasteiger partial charge in [-0.1, -0.05) is 54.1 Å². The Morgan fingerprint density at radius 1 is 1.03 bits per heavy atom. The number of anilines is 1. The molecule has 0 spiro atoms. The number of hydrogen-bond donors (Lipinski definition) is 2. The average molecular weight is 502 g/mol. The van der Waals surface area contributed by atoms with Crippen molar-refractivity contribution >= 4 is 45.0 Å². The highest BCUT2D eigenvalue weighted by atomic mass is 79.9. The minimum atomic E-state index is -0.785. The van der Waals surface area contributed by atoms with Gasteiger partial charge in [-0.3, -0.25) is 9.59 Å². The van der Waals surface area contributed by atoms with Crippen LogP contribution in [0.1, 0.15) is 22.8 Å². The number of benzene rings is 3. The van der Waals surface area contributed by atoms with Crippen LogP contribution in [0.2, 0.25) is 5.02 Å². The Kier molecular flexibility index (Phi) is 8.09. The Morgan fingerprint density at radius 2 is 1.74 bits per heavy atom. The molecule has 3 rings (SSSR count). The summed E-state index contributed by atoms with van der Waals surface area (Å²) in [6.07, 6.45) is -0.0613. The van der Waals surface area contributed by atoms with Gasteiger partial charge in [-0.05, 0) is 65.2 Å². The van der Waals surface area contributed by atoms with Crippen molar-refractivity contribution in [1.82, 2.24) is 5.32 Å². The van der Waals surface area contributed by atoms with Gasteiger partial charge in [0.15, 0.2) is 6.10 Å². The fraction of sp³-hybridized carbons (Fsp3) is 0.167. The SMILES string of the molecule is CC(Oc1ccc(Cl)cc1Br)C(=O)Nc1ccccc1C(=O)NCCc1ccccc1. The second-order valence-electron chi connectivity index (χ2n) is 6.86. The van der Waals surface area contributed by atoms with Gasteiger partial charge in [-0.15, -0.1) is 0 Å². The van der Waals surface area contributed by atoms with E-state index in [1.165, 1.54) is 0 Å². The molecule has 0 aliphatic heterocycles. The molecule has 0 heterocycles. The predicted molar refractivity (Wildman–Crippen MR) is 127 cm³/mol. The summed E-state index contributed by atoms with van der Waals surface area (Å²) in [5.74, 6) is -0.119. The van der Waals surface area contributed by atoms with E-state index in [0.717, 1.165) is 12.0 Å². The first-order valence-electron chi connectivity index (χ1n) is 9.78. The van der Waals surface area contributed by atoms with Crippen LogP contribution in [0.15, 0.2) is 77.3 Å². The number of ether oxygens (including phenoxy) is 1. The van der Waals surface area contributed by atoms with Crippen LogP contribution in [-0.4, -0.2) is 24.5 Å². The molecule has 5 nitrogen and oxygen atoms in total. The number of halogens is 2. The van der Waals surface area contributed by atoms with Gasteiger partial charge in [0.05, 0.1) is 15.7 Å². The Bertz CT molecular complexity index is 1060. The maximum atomic E-state index is 12.7. The molecule has 3 aromatic carbocycles. The van der Waals surface area contributed by atoms with Crippen LogP contribution in [-0.2, 0) is 11.2 Å². The highest BCUT2D eigenvalue weighted by Gasteiger charge is 2.19. The standard InChI is InChI=1S/C24H22BrClN2O3/c1-16(31-22-12-11-18(26)15-20(22)25)23(29)28-21-10-6-5-9-19(21)24(30)27-14-13-17-7-3-2-4-8-17/h2-12,15-16H,13-14H2,1H3,(H,27,30)(H,28,29). The molecule has 0 fully saturated rings. The summed E-state index contributed by atoms with van der Waals surface area (Å²) in [7, 11) is 0. The predicted octanol–water partition coefficient (Wildman–Crippen LogP) is 5.48. The maximum absolute atomic E-state index is 12.7. The Labute approximate surface area is 194 Å². The average Bonchev–Trinajstić information content (AvgIpc) is 2.76. The van der Waals surface area contributed by atoms with Crippen molar-refractivity contribution < 1.29 is 14.3 Å². The van der Waals surface area contributed by atoms with Crippen LogP contribution in [0.25, 0.3) is 0 Å². The number of rotatable bonds is 8. The Morgan fingerprint density at radius 3 is 2.48 bits per heavy atom. The maximum Gasteiger partial charge on any atom is 0.265 e. The first-order chi connectivity index (χ1) is 14.9. The lowest BCUT2D eigenvalue weighted by atomic mass is 10.1. The molecule has 0 radical (unpaired) electrons. The van der Waals surface area contributed by atoms with Gasteiger partial charge in [-0.2, -0.15) is 0 Å². The molecule has 7 heteroatoms. The minimum absolute atomic E-state index is 0.249. The molecule has 1 unspecified atom stereocenters. The van der Waals surface area contributed by atoms with Crippen molar-refractivity contribution in [3.05, 3.63) is 93.4 Å². The molecule has 0 bridgehead atoms. The molecular formula is C24H22BrClN2O3. The molecule has 2 N–H and O–H groups in total. The van der Waals surface area contributed by atoms with Crippen molar-refractivity contribution in [1.29, 1.82) is 0 Å². The molecule has 160 valence electrons. The van der Waals surface area contributed by atoms with Crippen LogP contribution in [0, 0.1) is 0 Å². The Hall–Kier alpha value is -2.83. The fourth-order valence-electron chi connectivity index (χ4n) is 2.90. The number of carbonyl (C=O) groups is 2. The van der Waals surface area contributed by atoms with Crippen LogP contribution in [0.3, 0.4) is 0 Å². The molecule has 0 aliphatic carbocycles. The number of nitrogens with one attached hydrogen (secondary N) is 2. The van der Waals surface area contributed by atoms with Crippen molar-refractivity contribution in [2.75, 3.05) is 11.9 Å². The van der Waals surface area contributed by atoms with Gasteiger partial charge in [0.2, 0.25) is 0 Å². The van der Waals surface area contributed by atoms with E-state index in [2.05, 4.69) is 26.6 Å². The summed E-state index contributed by atoms with van der Waals surface area (Å²) in [6, 6.07) is 21.9. The lowest BCUT2D eigenvalue weighted by Gasteiger charge is -2.17. The largest absolute Gasteiger partial charge is 0.480 e. The van der Waals surface area contributed by atoms with E-state index in [4.69, 9.17) is 16.3 Å². The van der Waals surface area contributed by atoms with E-state index < -0.39 is 6.10 Å². The molecule has 31 heavy (non-hydrogen) atoms. The normalized spacial score (nSPS) is 11.5. The second-order valence-corrected chi connectivity index (χ2v) is 8.15. The number of hydrogen-bond acceptors (Lipinski definition) is 3. The van der Waals surface area contributed by atoms with Gasteiger partial charge in [0, 0.05) is 11.6 Å². The summed E-state index contributed by atoms with van der Waals surface area (Å²) in [4.78, 5) is 25.3. The highest BCUT2D eigenvalue weighted by molar-refractivity contribution is 9.10. The van der Waals surface area contributed by atoms with Gasteiger partial charge in [-0.25, -0.2) is 0 Å². The molecule has 3 aromatic rings. The molecule has 2 amide bonds. The van der Waals surface area contributed by atoms with Crippen molar-refractivity contribution in [3.8, 4) is 5.75 Å². The quantitative estimate of drug-likeness (QED) is 0.429. The smallest absolute Gasteiger partial charge is 0.265 e. The summed E-state index contributed by atoms with van der Waals surface area (Å²) < 4.78 is 6.38. The van der Waals surface area contributed by atoms with E-state index in [-0.39, 0.29) is 11.8 Å². The molecule has 0 aliphatic rings. The van der Waals surface area contributed by atoms with Crippen LogP contribution >= 0.6 is 27.5 Å². The first-order valence-corrected chi connectivity index (χ1v) is 10.9. The third-order valence-electron chi connectivity index (χ3n) is 4.54. The van der Waals surface area contributed by atoms with Crippen molar-refractivity contribution in [3.63, 3.8) is 0 Å². The van der Waals surface area contributed by atoms with E-state index in [9.17, 15) is 9.59 Å². The third-order valence-corrected chi connectivity index (χ3v) is 5.39. The fourth-order valence-corrected chi connectivity index (χ4v) is 3.68. The number of carbonyl (C=O) groups excluding carboxylic acids is 2. The zero-order valence-corrected chi connectivity index (χ0v) is 19.2. The number of para-hydroxylation sites is 1. The van der Waals surface area contributed by atoms with Gasteiger partial charge in [0.25, 0.3) is 11.8 Å². The summed E-state index contributed by atoms with van der Waals surface area (Å²) in [5, 5.41) is 6.25. The lowest BCUT2D eigenvalue weighted by molar-refractivity contribution is -0.122.